The Morgan fingerprint density at radius 1 is 1.24 bits per heavy atom. The van der Waals surface area contributed by atoms with Crippen LogP contribution in [0.3, 0.4) is 0 Å². The average Bonchev–Trinajstić information content (AvgIpc) is 2.48. The number of anilines is 1. The molecule has 0 saturated heterocycles. The molecule has 0 fully saturated rings. The van der Waals surface area contributed by atoms with Crippen molar-refractivity contribution in [2.24, 2.45) is 0 Å². The molecular formula is C17H14ClNO2. The van der Waals surface area contributed by atoms with Crippen LogP contribution in [0.4, 0.5) is 5.69 Å². The highest BCUT2D eigenvalue weighted by atomic mass is 35.5. The quantitative estimate of drug-likeness (QED) is 0.836. The molecule has 2 N–H and O–H groups in total. The molecule has 1 amide bonds. The number of amides is 1. The standard InChI is InChI=1S/C17H14ClNO2/c1-12-4-9-16(11-14(12)3-2-10-20)19-17(21)13-5-7-15(18)8-6-13/h4-9,11,20H,10H2,1H3,(H,19,21). The lowest BCUT2D eigenvalue weighted by molar-refractivity contribution is 0.102. The van der Waals surface area contributed by atoms with Crippen molar-refractivity contribution in [3.63, 3.8) is 0 Å². The van der Waals surface area contributed by atoms with E-state index in [4.69, 9.17) is 16.7 Å². The van der Waals surface area contributed by atoms with Crippen LogP contribution in [-0.4, -0.2) is 17.6 Å². The third kappa shape index (κ3) is 4.09. The summed E-state index contributed by atoms with van der Waals surface area (Å²) in [5.41, 5.74) is 2.95. The summed E-state index contributed by atoms with van der Waals surface area (Å²) >= 11 is 5.80. The number of aliphatic hydroxyl groups excluding tert-OH is 1. The van der Waals surface area contributed by atoms with Crippen LogP contribution < -0.4 is 5.32 Å². The highest BCUT2D eigenvalue weighted by Crippen LogP contribution is 2.16. The number of aryl methyl sites for hydroxylation is 1. The summed E-state index contributed by atoms with van der Waals surface area (Å²) in [5, 5.41) is 12.1. The van der Waals surface area contributed by atoms with Crippen molar-refractivity contribution < 1.29 is 9.90 Å². The van der Waals surface area contributed by atoms with Gasteiger partial charge in [0.1, 0.15) is 6.61 Å². The van der Waals surface area contributed by atoms with Crippen LogP contribution >= 0.6 is 11.6 Å². The molecule has 0 bridgehead atoms. The summed E-state index contributed by atoms with van der Waals surface area (Å²) in [6.45, 7) is 1.73. The van der Waals surface area contributed by atoms with Gasteiger partial charge in [-0.2, -0.15) is 0 Å². The first-order chi connectivity index (χ1) is 10.1. The number of hydrogen-bond donors (Lipinski definition) is 2. The van der Waals surface area contributed by atoms with Crippen molar-refractivity contribution in [3.8, 4) is 11.8 Å². The molecule has 0 aromatic heterocycles. The Hall–Kier alpha value is -2.28. The van der Waals surface area contributed by atoms with E-state index in [-0.39, 0.29) is 12.5 Å². The van der Waals surface area contributed by atoms with E-state index in [0.717, 1.165) is 11.1 Å². The van der Waals surface area contributed by atoms with Crippen LogP contribution in [-0.2, 0) is 0 Å². The first-order valence-corrected chi connectivity index (χ1v) is 6.75. The van der Waals surface area contributed by atoms with E-state index in [1.54, 1.807) is 30.3 Å². The maximum atomic E-state index is 12.1. The predicted octanol–water partition coefficient (Wildman–Crippen LogP) is 3.24. The van der Waals surface area contributed by atoms with E-state index in [2.05, 4.69) is 17.2 Å². The molecule has 0 atom stereocenters. The topological polar surface area (TPSA) is 49.3 Å². The van der Waals surface area contributed by atoms with Gasteiger partial charge in [0.15, 0.2) is 0 Å². The molecule has 21 heavy (non-hydrogen) atoms. The molecule has 0 saturated carbocycles. The summed E-state index contributed by atoms with van der Waals surface area (Å²) in [5.74, 6) is 5.25. The zero-order valence-electron chi connectivity index (χ0n) is 11.5. The summed E-state index contributed by atoms with van der Waals surface area (Å²) < 4.78 is 0. The van der Waals surface area contributed by atoms with E-state index in [1.165, 1.54) is 0 Å². The van der Waals surface area contributed by atoms with Crippen LogP contribution in [0.15, 0.2) is 42.5 Å². The Kier molecular flexibility index (Phi) is 4.99. The molecule has 0 unspecified atom stereocenters. The van der Waals surface area contributed by atoms with Gasteiger partial charge in [-0.25, -0.2) is 0 Å². The molecule has 0 spiro atoms. The predicted molar refractivity (Wildman–Crippen MR) is 84.5 cm³/mol. The van der Waals surface area contributed by atoms with Crippen LogP contribution in [0.1, 0.15) is 21.5 Å². The first-order valence-electron chi connectivity index (χ1n) is 6.37. The van der Waals surface area contributed by atoms with E-state index in [9.17, 15) is 4.79 Å². The fourth-order valence-corrected chi connectivity index (χ4v) is 1.90. The summed E-state index contributed by atoms with van der Waals surface area (Å²) in [7, 11) is 0. The molecule has 4 heteroatoms. The zero-order chi connectivity index (χ0) is 15.2. The number of carbonyl (C=O) groups is 1. The van der Waals surface area contributed by atoms with Crippen molar-refractivity contribution in [3.05, 3.63) is 64.2 Å². The normalized spacial score (nSPS) is 9.67. The minimum absolute atomic E-state index is 0.194. The van der Waals surface area contributed by atoms with E-state index >= 15 is 0 Å². The fourth-order valence-electron chi connectivity index (χ4n) is 1.77. The molecule has 0 aliphatic heterocycles. The van der Waals surface area contributed by atoms with Crippen LogP contribution in [0, 0.1) is 18.8 Å². The minimum atomic E-state index is -0.211. The number of hydrogen-bond acceptors (Lipinski definition) is 2. The highest BCUT2D eigenvalue weighted by molar-refractivity contribution is 6.30. The molecule has 106 valence electrons. The van der Waals surface area contributed by atoms with Crippen LogP contribution in [0.25, 0.3) is 0 Å². The zero-order valence-corrected chi connectivity index (χ0v) is 12.2. The van der Waals surface area contributed by atoms with Crippen molar-refractivity contribution in [1.82, 2.24) is 0 Å². The van der Waals surface area contributed by atoms with Crippen LogP contribution in [0.5, 0.6) is 0 Å². The first kappa shape index (κ1) is 15.1. The molecule has 2 rings (SSSR count). The van der Waals surface area contributed by atoms with Gasteiger partial charge in [0.25, 0.3) is 5.91 Å². The molecule has 0 radical (unpaired) electrons. The number of halogens is 1. The van der Waals surface area contributed by atoms with Gasteiger partial charge in [0, 0.05) is 21.8 Å². The molecule has 0 aliphatic carbocycles. The number of aliphatic hydroxyl groups is 1. The van der Waals surface area contributed by atoms with Crippen molar-refractivity contribution in [2.45, 2.75) is 6.92 Å². The number of carbonyl (C=O) groups excluding carboxylic acids is 1. The van der Waals surface area contributed by atoms with Gasteiger partial charge in [-0.1, -0.05) is 29.5 Å². The second-order valence-corrected chi connectivity index (χ2v) is 4.89. The summed E-state index contributed by atoms with van der Waals surface area (Å²) in [6.07, 6.45) is 0. The monoisotopic (exact) mass is 299 g/mol. The molecule has 0 heterocycles. The van der Waals surface area contributed by atoms with E-state index in [0.29, 0.717) is 16.3 Å². The summed E-state index contributed by atoms with van der Waals surface area (Å²) in [4.78, 5) is 12.1. The van der Waals surface area contributed by atoms with Crippen molar-refractivity contribution in [2.75, 3.05) is 11.9 Å². The second-order valence-electron chi connectivity index (χ2n) is 4.45. The van der Waals surface area contributed by atoms with Gasteiger partial charge in [-0.05, 0) is 48.9 Å². The van der Waals surface area contributed by atoms with Crippen molar-refractivity contribution >= 4 is 23.2 Å². The van der Waals surface area contributed by atoms with Gasteiger partial charge in [-0.15, -0.1) is 0 Å². The van der Waals surface area contributed by atoms with E-state index in [1.807, 2.05) is 19.1 Å². The largest absolute Gasteiger partial charge is 0.384 e. The lowest BCUT2D eigenvalue weighted by atomic mass is 10.1. The SMILES string of the molecule is Cc1ccc(NC(=O)c2ccc(Cl)cc2)cc1C#CCO. The fraction of sp³-hybridized carbons (Fsp3) is 0.118. The Morgan fingerprint density at radius 3 is 2.62 bits per heavy atom. The molecule has 2 aromatic rings. The Bertz CT molecular complexity index is 712. The molecule has 3 nitrogen and oxygen atoms in total. The lowest BCUT2D eigenvalue weighted by Gasteiger charge is -2.07. The van der Waals surface area contributed by atoms with Gasteiger partial charge < -0.3 is 10.4 Å². The molecule has 2 aromatic carbocycles. The average molecular weight is 300 g/mol. The highest BCUT2D eigenvalue weighted by Gasteiger charge is 2.06. The maximum absolute atomic E-state index is 12.1. The minimum Gasteiger partial charge on any atom is -0.384 e. The lowest BCUT2D eigenvalue weighted by Crippen LogP contribution is -2.11. The van der Waals surface area contributed by atoms with Crippen molar-refractivity contribution in [1.29, 1.82) is 0 Å². The smallest absolute Gasteiger partial charge is 0.255 e. The molecular weight excluding hydrogens is 286 g/mol. The second kappa shape index (κ2) is 6.94. The van der Waals surface area contributed by atoms with E-state index < -0.39 is 0 Å². The number of nitrogens with one attached hydrogen (secondary N) is 1. The summed E-state index contributed by atoms with van der Waals surface area (Å²) in [6, 6.07) is 12.1. The van der Waals surface area contributed by atoms with Gasteiger partial charge in [0.05, 0.1) is 0 Å². The molecule has 0 aliphatic rings. The maximum Gasteiger partial charge on any atom is 0.255 e. The van der Waals surface area contributed by atoms with Gasteiger partial charge >= 0.3 is 0 Å². The Labute approximate surface area is 128 Å². The number of benzene rings is 2. The van der Waals surface area contributed by atoms with Gasteiger partial charge in [-0.3, -0.25) is 4.79 Å². The number of rotatable bonds is 2. The van der Waals surface area contributed by atoms with Crippen LogP contribution in [0.2, 0.25) is 5.02 Å². The third-order valence-electron chi connectivity index (χ3n) is 2.90. The third-order valence-corrected chi connectivity index (χ3v) is 3.16. The van der Waals surface area contributed by atoms with Gasteiger partial charge in [0.2, 0.25) is 0 Å². The Morgan fingerprint density at radius 2 is 1.95 bits per heavy atom. The Balaban J connectivity index is 2.19.